The second kappa shape index (κ2) is 6.82. The van der Waals surface area contributed by atoms with Gasteiger partial charge in [0, 0.05) is 0 Å². The first-order chi connectivity index (χ1) is 13.1. The molecule has 1 fully saturated rings. The highest BCUT2D eigenvalue weighted by Crippen LogP contribution is 2.28. The molecule has 3 aromatic rings. The summed E-state index contributed by atoms with van der Waals surface area (Å²) in [4.78, 5) is 21.0. The molecule has 1 aliphatic heterocycles. The number of methoxy groups -OCH3 is 1. The van der Waals surface area contributed by atoms with E-state index >= 15 is 0 Å². The molecule has 1 N–H and O–H groups in total. The molecule has 1 atom stereocenters. The minimum absolute atomic E-state index is 0.000798. The number of hydrogen-bond acceptors (Lipinski definition) is 4. The van der Waals surface area contributed by atoms with E-state index in [0.717, 1.165) is 25.5 Å². The monoisotopic (exact) mass is 364 g/mol. The molecule has 136 valence electrons. The number of nitrogens with zero attached hydrogens (tertiary/aromatic N) is 3. The van der Waals surface area contributed by atoms with Gasteiger partial charge in [0.05, 0.1) is 30.8 Å². The topological polar surface area (TPSA) is 60.5 Å². The maximum absolute atomic E-state index is 14.5. The predicted molar refractivity (Wildman–Crippen MR) is 100 cm³/mol. The Labute approximate surface area is 155 Å². The van der Waals surface area contributed by atoms with Gasteiger partial charge in [0.15, 0.2) is 5.69 Å². The van der Waals surface area contributed by atoms with Gasteiger partial charge >= 0.3 is 0 Å². The van der Waals surface area contributed by atoms with Gasteiger partial charge in [-0.05, 0) is 55.8 Å². The lowest BCUT2D eigenvalue weighted by molar-refractivity contribution is 0.414. The molecular weight excluding hydrogens is 347 g/mol. The van der Waals surface area contributed by atoms with Gasteiger partial charge in [0.2, 0.25) is 0 Å². The number of benzene rings is 2. The fourth-order valence-electron chi connectivity index (χ4n) is 3.43. The average molecular weight is 364 g/mol. The highest BCUT2D eigenvalue weighted by molar-refractivity contribution is 5.83. The van der Waals surface area contributed by atoms with Crippen molar-refractivity contribution >= 4 is 16.6 Å². The highest BCUT2D eigenvalue weighted by atomic mass is 19.1. The van der Waals surface area contributed by atoms with Crippen molar-refractivity contribution in [2.45, 2.75) is 18.9 Å². The third-order valence-corrected chi connectivity index (χ3v) is 4.77. The number of hydrogen-bond donors (Lipinski definition) is 1. The summed E-state index contributed by atoms with van der Waals surface area (Å²) in [5.74, 6) is 0.490. The summed E-state index contributed by atoms with van der Waals surface area (Å²) in [6.07, 6.45) is 1.77. The zero-order chi connectivity index (χ0) is 19.0. The number of rotatable bonds is 3. The van der Waals surface area contributed by atoms with Crippen LogP contribution < -0.4 is 15.6 Å². The molecular formula is C20H17FN4O2. The maximum Gasteiger partial charge on any atom is 0.264 e. The summed E-state index contributed by atoms with van der Waals surface area (Å²) < 4.78 is 21.2. The highest BCUT2D eigenvalue weighted by Gasteiger charge is 2.25. The summed E-state index contributed by atoms with van der Waals surface area (Å²) in [6, 6.07) is 9.42. The molecule has 0 unspecified atom stereocenters. The van der Waals surface area contributed by atoms with Crippen LogP contribution in [0.15, 0.2) is 41.2 Å². The van der Waals surface area contributed by atoms with Crippen molar-refractivity contribution in [3.63, 3.8) is 0 Å². The summed E-state index contributed by atoms with van der Waals surface area (Å²) in [6.45, 7) is 7.95. The van der Waals surface area contributed by atoms with Crippen LogP contribution in [0.3, 0.4) is 0 Å². The SMILES string of the molecule is [C-]#[N+]c1cc(F)c2nc([C@@H]3CCCN3)n(-c3ccc(OC)cc3)c(=O)c2c1. The van der Waals surface area contributed by atoms with Crippen LogP contribution in [0.2, 0.25) is 0 Å². The Morgan fingerprint density at radius 3 is 2.74 bits per heavy atom. The molecule has 0 bridgehead atoms. The summed E-state index contributed by atoms with van der Waals surface area (Å²) in [5, 5.41) is 3.42. The van der Waals surface area contributed by atoms with E-state index in [9.17, 15) is 9.18 Å². The van der Waals surface area contributed by atoms with Crippen molar-refractivity contribution in [1.29, 1.82) is 0 Å². The van der Waals surface area contributed by atoms with Gasteiger partial charge < -0.3 is 10.1 Å². The van der Waals surface area contributed by atoms with Crippen LogP contribution in [-0.2, 0) is 0 Å². The van der Waals surface area contributed by atoms with Crippen LogP contribution in [-0.4, -0.2) is 23.2 Å². The van der Waals surface area contributed by atoms with Gasteiger partial charge in [-0.2, -0.15) is 0 Å². The lowest BCUT2D eigenvalue weighted by atomic mass is 10.1. The van der Waals surface area contributed by atoms with Crippen LogP contribution in [0.1, 0.15) is 24.7 Å². The molecule has 0 saturated carbocycles. The smallest absolute Gasteiger partial charge is 0.264 e. The fourth-order valence-corrected chi connectivity index (χ4v) is 3.43. The van der Waals surface area contributed by atoms with Gasteiger partial charge in [0.1, 0.15) is 22.9 Å². The van der Waals surface area contributed by atoms with Crippen LogP contribution in [0.4, 0.5) is 10.1 Å². The van der Waals surface area contributed by atoms with Crippen molar-refractivity contribution in [2.24, 2.45) is 0 Å². The quantitative estimate of drug-likeness (QED) is 0.723. The second-order valence-electron chi connectivity index (χ2n) is 6.39. The standard InChI is InChI=1S/C20H17FN4O2/c1-22-12-10-15-18(16(21)11-12)24-19(17-4-3-9-23-17)25(20(15)26)13-5-7-14(27-2)8-6-13/h5-8,10-11,17,23H,3-4,9H2,2H3/t17-/m0/s1. The van der Waals surface area contributed by atoms with Gasteiger partial charge in [-0.1, -0.05) is 0 Å². The van der Waals surface area contributed by atoms with Crippen molar-refractivity contribution in [3.8, 4) is 11.4 Å². The molecule has 2 heterocycles. The van der Waals surface area contributed by atoms with Gasteiger partial charge in [-0.25, -0.2) is 14.2 Å². The van der Waals surface area contributed by atoms with Crippen LogP contribution in [0.25, 0.3) is 21.4 Å². The summed E-state index contributed by atoms with van der Waals surface area (Å²) in [5.41, 5.74) is 0.304. The Morgan fingerprint density at radius 1 is 1.33 bits per heavy atom. The molecule has 4 rings (SSSR count). The summed E-state index contributed by atoms with van der Waals surface area (Å²) >= 11 is 0. The van der Waals surface area contributed by atoms with E-state index in [1.54, 1.807) is 31.4 Å². The Bertz CT molecular complexity index is 1110. The van der Waals surface area contributed by atoms with Crippen molar-refractivity contribution in [2.75, 3.05) is 13.7 Å². The molecule has 1 saturated heterocycles. The van der Waals surface area contributed by atoms with Crippen molar-refractivity contribution < 1.29 is 9.13 Å². The van der Waals surface area contributed by atoms with Crippen molar-refractivity contribution in [1.82, 2.24) is 14.9 Å². The molecule has 0 aliphatic carbocycles. The molecule has 6 nitrogen and oxygen atoms in total. The molecule has 2 aromatic carbocycles. The lowest BCUT2D eigenvalue weighted by Gasteiger charge is -2.18. The molecule has 0 amide bonds. The number of ether oxygens (including phenoxy) is 1. The Morgan fingerprint density at radius 2 is 2.11 bits per heavy atom. The molecule has 7 heteroatoms. The molecule has 0 radical (unpaired) electrons. The first-order valence-corrected chi connectivity index (χ1v) is 8.64. The third-order valence-electron chi connectivity index (χ3n) is 4.77. The van der Waals surface area contributed by atoms with E-state index in [-0.39, 0.29) is 22.6 Å². The lowest BCUT2D eigenvalue weighted by Crippen LogP contribution is -2.29. The first kappa shape index (κ1) is 17.2. The third kappa shape index (κ3) is 2.94. The molecule has 27 heavy (non-hydrogen) atoms. The van der Waals surface area contributed by atoms with Crippen molar-refractivity contribution in [3.05, 3.63) is 69.8 Å². The van der Waals surface area contributed by atoms with E-state index < -0.39 is 11.4 Å². The van der Waals surface area contributed by atoms with E-state index in [1.807, 2.05) is 0 Å². The minimum atomic E-state index is -0.656. The average Bonchev–Trinajstić information content (AvgIpc) is 3.23. The van der Waals surface area contributed by atoms with Gasteiger partial charge in [-0.15, -0.1) is 0 Å². The Hall–Kier alpha value is -3.24. The van der Waals surface area contributed by atoms with E-state index in [1.165, 1.54) is 10.6 Å². The van der Waals surface area contributed by atoms with Crippen LogP contribution in [0.5, 0.6) is 5.75 Å². The number of aromatic nitrogens is 2. The number of halogens is 1. The zero-order valence-electron chi connectivity index (χ0n) is 14.7. The van der Waals surface area contributed by atoms with Gasteiger partial charge in [-0.3, -0.25) is 9.36 Å². The zero-order valence-corrected chi connectivity index (χ0v) is 14.7. The fraction of sp³-hybridized carbons (Fsp3) is 0.250. The minimum Gasteiger partial charge on any atom is -0.497 e. The summed E-state index contributed by atoms with van der Waals surface area (Å²) in [7, 11) is 1.57. The predicted octanol–water partition coefficient (Wildman–Crippen LogP) is 3.51. The van der Waals surface area contributed by atoms with Crippen LogP contribution >= 0.6 is 0 Å². The maximum atomic E-state index is 14.5. The number of nitrogens with one attached hydrogen (secondary N) is 1. The molecule has 1 aromatic heterocycles. The normalized spacial score (nSPS) is 16.4. The van der Waals surface area contributed by atoms with Gasteiger partial charge in [0.25, 0.3) is 5.56 Å². The number of fused-ring (bicyclic) bond motifs is 1. The Kier molecular flexibility index (Phi) is 4.34. The second-order valence-corrected chi connectivity index (χ2v) is 6.39. The van der Waals surface area contributed by atoms with E-state index in [2.05, 4.69) is 15.1 Å². The molecule has 1 aliphatic rings. The largest absolute Gasteiger partial charge is 0.497 e. The van der Waals surface area contributed by atoms with Crippen LogP contribution in [0, 0.1) is 12.4 Å². The molecule has 0 spiro atoms. The Balaban J connectivity index is 2.04. The van der Waals surface area contributed by atoms with E-state index in [0.29, 0.717) is 17.3 Å². The van der Waals surface area contributed by atoms with E-state index in [4.69, 9.17) is 11.3 Å². The first-order valence-electron chi connectivity index (χ1n) is 8.64.